The number of aliphatic hydroxyl groups excluding tert-OH is 1. The van der Waals surface area contributed by atoms with Crippen molar-refractivity contribution in [2.45, 2.75) is 38.5 Å². The molecule has 5 heteroatoms. The number of carbonyl (C=O) groups excluding carboxylic acids is 1. The van der Waals surface area contributed by atoms with E-state index in [0.29, 0.717) is 0 Å². The van der Waals surface area contributed by atoms with Crippen LogP contribution in [0.1, 0.15) is 25.8 Å². The average Bonchev–Trinajstić information content (AvgIpc) is 2.36. The Morgan fingerprint density at radius 2 is 2.00 bits per heavy atom. The van der Waals surface area contributed by atoms with Gasteiger partial charge in [-0.05, 0) is 25.8 Å². The minimum atomic E-state index is -1.12. The first kappa shape index (κ1) is 15.5. The van der Waals surface area contributed by atoms with E-state index in [-0.39, 0.29) is 19.6 Å². The number of benzene rings is 1. The van der Waals surface area contributed by atoms with Gasteiger partial charge in [0, 0.05) is 6.61 Å². The minimum Gasteiger partial charge on any atom is -0.445 e. The Hall–Kier alpha value is -1.59. The summed E-state index contributed by atoms with van der Waals surface area (Å²) in [4.78, 5) is 11.6. The van der Waals surface area contributed by atoms with Gasteiger partial charge in [-0.3, -0.25) is 0 Å². The predicted octanol–water partition coefficient (Wildman–Crippen LogP) is 1.43. The SMILES string of the molecule is CC(C)(O)C(CCO)NC(=O)OCc1ccccc1. The van der Waals surface area contributed by atoms with E-state index in [1.165, 1.54) is 0 Å². The van der Waals surface area contributed by atoms with Crippen LogP contribution in [0.5, 0.6) is 0 Å². The van der Waals surface area contributed by atoms with Gasteiger partial charge in [0.1, 0.15) is 6.61 Å². The molecule has 0 spiro atoms. The zero-order valence-electron chi connectivity index (χ0n) is 11.3. The van der Waals surface area contributed by atoms with Gasteiger partial charge in [0.25, 0.3) is 0 Å². The van der Waals surface area contributed by atoms with Crippen molar-refractivity contribution in [3.8, 4) is 0 Å². The second kappa shape index (κ2) is 7.11. The molecule has 0 aliphatic heterocycles. The third kappa shape index (κ3) is 5.72. The first-order chi connectivity index (χ1) is 8.93. The first-order valence-electron chi connectivity index (χ1n) is 6.24. The standard InChI is InChI=1S/C14H21NO4/c1-14(2,18)12(8-9-16)15-13(17)19-10-11-6-4-3-5-7-11/h3-7,12,16,18H,8-10H2,1-2H3,(H,15,17). The van der Waals surface area contributed by atoms with E-state index in [4.69, 9.17) is 9.84 Å². The third-order valence-electron chi connectivity index (χ3n) is 2.78. The van der Waals surface area contributed by atoms with Crippen molar-refractivity contribution in [1.29, 1.82) is 0 Å². The summed E-state index contributed by atoms with van der Waals surface area (Å²) in [6, 6.07) is 8.77. The molecule has 0 fully saturated rings. The highest BCUT2D eigenvalue weighted by molar-refractivity contribution is 5.67. The average molecular weight is 267 g/mol. The molecule has 1 aromatic carbocycles. The predicted molar refractivity (Wildman–Crippen MR) is 71.6 cm³/mol. The van der Waals surface area contributed by atoms with Crippen LogP contribution in [0, 0.1) is 0 Å². The van der Waals surface area contributed by atoms with Crippen LogP contribution in [0.25, 0.3) is 0 Å². The van der Waals surface area contributed by atoms with Crippen LogP contribution in [-0.4, -0.2) is 34.6 Å². The highest BCUT2D eigenvalue weighted by Crippen LogP contribution is 2.12. The van der Waals surface area contributed by atoms with Gasteiger partial charge in [-0.15, -0.1) is 0 Å². The number of aliphatic hydroxyl groups is 2. The Morgan fingerprint density at radius 1 is 1.37 bits per heavy atom. The maximum absolute atomic E-state index is 11.6. The largest absolute Gasteiger partial charge is 0.445 e. The Morgan fingerprint density at radius 3 is 2.53 bits per heavy atom. The second-order valence-electron chi connectivity index (χ2n) is 4.92. The summed E-state index contributed by atoms with van der Waals surface area (Å²) in [7, 11) is 0. The topological polar surface area (TPSA) is 78.8 Å². The molecule has 1 atom stereocenters. The van der Waals surface area contributed by atoms with Crippen molar-refractivity contribution in [3.63, 3.8) is 0 Å². The van der Waals surface area contributed by atoms with Gasteiger partial charge in [-0.25, -0.2) is 4.79 Å². The number of hydrogen-bond acceptors (Lipinski definition) is 4. The minimum absolute atomic E-state index is 0.117. The number of ether oxygens (including phenoxy) is 1. The summed E-state index contributed by atoms with van der Waals surface area (Å²) < 4.78 is 5.06. The summed E-state index contributed by atoms with van der Waals surface area (Å²) in [5.74, 6) is 0. The molecule has 0 saturated heterocycles. The number of rotatable bonds is 6. The van der Waals surface area contributed by atoms with Gasteiger partial charge in [-0.1, -0.05) is 30.3 Å². The van der Waals surface area contributed by atoms with Crippen LogP contribution in [0.4, 0.5) is 4.79 Å². The number of hydrogen-bond donors (Lipinski definition) is 3. The Labute approximate surface area is 113 Å². The molecule has 0 aliphatic carbocycles. The van der Waals surface area contributed by atoms with Crippen molar-refractivity contribution in [3.05, 3.63) is 35.9 Å². The van der Waals surface area contributed by atoms with Crippen molar-refractivity contribution in [2.24, 2.45) is 0 Å². The van der Waals surface area contributed by atoms with Crippen LogP contribution < -0.4 is 5.32 Å². The second-order valence-corrected chi connectivity index (χ2v) is 4.92. The van der Waals surface area contributed by atoms with Crippen LogP contribution in [0.2, 0.25) is 0 Å². The van der Waals surface area contributed by atoms with E-state index in [1.54, 1.807) is 13.8 Å². The molecule has 0 aromatic heterocycles. The van der Waals surface area contributed by atoms with Crippen LogP contribution >= 0.6 is 0 Å². The maximum atomic E-state index is 11.6. The lowest BCUT2D eigenvalue weighted by Gasteiger charge is -2.29. The van der Waals surface area contributed by atoms with E-state index >= 15 is 0 Å². The first-order valence-corrected chi connectivity index (χ1v) is 6.24. The monoisotopic (exact) mass is 267 g/mol. The van der Waals surface area contributed by atoms with E-state index in [0.717, 1.165) is 5.56 Å². The van der Waals surface area contributed by atoms with Gasteiger partial charge >= 0.3 is 6.09 Å². The summed E-state index contributed by atoms with van der Waals surface area (Å²) in [5.41, 5.74) is -0.228. The van der Waals surface area contributed by atoms with E-state index < -0.39 is 17.7 Å². The molecule has 1 unspecified atom stereocenters. The summed E-state index contributed by atoms with van der Waals surface area (Å²) in [6.07, 6.45) is -0.339. The fourth-order valence-corrected chi connectivity index (χ4v) is 1.64. The molecule has 0 aliphatic rings. The summed E-state index contributed by atoms with van der Waals surface area (Å²) in [5, 5.41) is 21.3. The quantitative estimate of drug-likeness (QED) is 0.728. The fraction of sp³-hybridized carbons (Fsp3) is 0.500. The van der Waals surface area contributed by atoms with Crippen molar-refractivity contribution in [2.75, 3.05) is 6.61 Å². The van der Waals surface area contributed by atoms with E-state index in [9.17, 15) is 9.90 Å². The Bertz CT molecular complexity index is 386. The third-order valence-corrected chi connectivity index (χ3v) is 2.78. The van der Waals surface area contributed by atoms with Gasteiger partial charge in [0.2, 0.25) is 0 Å². The molecule has 106 valence electrons. The Kier molecular flexibility index (Phi) is 5.79. The lowest BCUT2D eigenvalue weighted by atomic mass is 9.96. The number of nitrogens with one attached hydrogen (secondary N) is 1. The fourth-order valence-electron chi connectivity index (χ4n) is 1.64. The van der Waals surface area contributed by atoms with Crippen LogP contribution in [-0.2, 0) is 11.3 Å². The number of carbonyl (C=O) groups is 1. The molecule has 0 heterocycles. The van der Waals surface area contributed by atoms with Gasteiger partial charge in [-0.2, -0.15) is 0 Å². The molecule has 1 aromatic rings. The molecular weight excluding hydrogens is 246 g/mol. The smallest absolute Gasteiger partial charge is 0.407 e. The van der Waals surface area contributed by atoms with Gasteiger partial charge in [0.05, 0.1) is 11.6 Å². The molecular formula is C14H21NO4. The maximum Gasteiger partial charge on any atom is 0.407 e. The molecule has 0 bridgehead atoms. The molecule has 1 rings (SSSR count). The van der Waals surface area contributed by atoms with Crippen LogP contribution in [0.3, 0.4) is 0 Å². The summed E-state index contributed by atoms with van der Waals surface area (Å²) >= 11 is 0. The Balaban J connectivity index is 2.45. The molecule has 5 nitrogen and oxygen atoms in total. The highest BCUT2D eigenvalue weighted by Gasteiger charge is 2.28. The molecule has 0 radical (unpaired) electrons. The van der Waals surface area contributed by atoms with Crippen molar-refractivity contribution < 1.29 is 19.7 Å². The zero-order chi connectivity index (χ0) is 14.3. The zero-order valence-corrected chi connectivity index (χ0v) is 11.3. The lowest BCUT2D eigenvalue weighted by molar-refractivity contribution is 0.0248. The number of amides is 1. The van der Waals surface area contributed by atoms with E-state index in [1.807, 2.05) is 30.3 Å². The van der Waals surface area contributed by atoms with Crippen LogP contribution in [0.15, 0.2) is 30.3 Å². The van der Waals surface area contributed by atoms with Crippen molar-refractivity contribution >= 4 is 6.09 Å². The lowest BCUT2D eigenvalue weighted by Crippen LogP contribution is -2.49. The molecule has 0 saturated carbocycles. The normalized spacial score (nSPS) is 12.8. The molecule has 19 heavy (non-hydrogen) atoms. The van der Waals surface area contributed by atoms with E-state index in [2.05, 4.69) is 5.32 Å². The highest BCUT2D eigenvalue weighted by atomic mass is 16.5. The van der Waals surface area contributed by atoms with Gasteiger partial charge < -0.3 is 20.3 Å². The molecule has 3 N–H and O–H groups in total. The molecule has 1 amide bonds. The van der Waals surface area contributed by atoms with Crippen molar-refractivity contribution in [1.82, 2.24) is 5.32 Å². The van der Waals surface area contributed by atoms with Gasteiger partial charge in [0.15, 0.2) is 0 Å². The number of alkyl carbamates (subject to hydrolysis) is 1. The summed E-state index contributed by atoms with van der Waals surface area (Å²) in [6.45, 7) is 3.20.